The van der Waals surface area contributed by atoms with Crippen molar-refractivity contribution in [2.75, 3.05) is 25.1 Å². The van der Waals surface area contributed by atoms with Crippen LogP contribution in [-0.2, 0) is 13.8 Å². The molecule has 14 heteroatoms. The van der Waals surface area contributed by atoms with Crippen molar-refractivity contribution in [3.63, 3.8) is 0 Å². The van der Waals surface area contributed by atoms with Crippen LogP contribution < -0.4 is 5.32 Å². The molecule has 0 spiro atoms. The average Bonchev–Trinajstić information content (AvgIpc) is 3.22. The Kier molecular flexibility index (Phi) is 6.61. The second-order valence-electron chi connectivity index (χ2n) is 6.47. The van der Waals surface area contributed by atoms with Gasteiger partial charge in [-0.3, -0.25) is 9.09 Å². The molecule has 1 aliphatic heterocycles. The number of aromatic nitrogens is 4. The predicted molar refractivity (Wildman–Crippen MR) is 98.6 cm³/mol. The van der Waals surface area contributed by atoms with Crippen molar-refractivity contribution in [3.05, 3.63) is 24.3 Å². The minimum atomic E-state index is -4.75. The summed E-state index contributed by atoms with van der Waals surface area (Å²) >= 11 is 0. The van der Waals surface area contributed by atoms with E-state index in [1.54, 1.807) is 13.0 Å². The zero-order valence-electron chi connectivity index (χ0n) is 15.4. The molecule has 2 aromatic heterocycles. The number of nitrogens with one attached hydrogen (secondary N) is 1. The average molecular weight is 431 g/mol. The zero-order valence-corrected chi connectivity index (χ0v) is 16.3. The number of imidazole rings is 1. The number of anilines is 1. The van der Waals surface area contributed by atoms with Crippen LogP contribution in [0.3, 0.4) is 0 Å². The van der Waals surface area contributed by atoms with E-state index in [0.29, 0.717) is 23.5 Å². The van der Waals surface area contributed by atoms with Crippen LogP contribution >= 0.6 is 7.82 Å². The SMILES string of the molecule is C/C(=C\CNc1ncnc2c1ncn2C1OC(COP(=O)(O)O)C(O)C1O)CO. The fourth-order valence-corrected chi connectivity index (χ4v) is 3.16. The Bertz CT molecular complexity index is 931. The summed E-state index contributed by atoms with van der Waals surface area (Å²) < 4.78 is 22.2. The minimum absolute atomic E-state index is 0.0539. The minimum Gasteiger partial charge on any atom is -0.392 e. The second kappa shape index (κ2) is 8.81. The maximum absolute atomic E-state index is 10.9. The number of hydrogen-bond donors (Lipinski definition) is 6. The monoisotopic (exact) mass is 431 g/mol. The Morgan fingerprint density at radius 2 is 2.10 bits per heavy atom. The Labute approximate surface area is 164 Å². The molecule has 1 saturated heterocycles. The molecule has 0 amide bonds. The van der Waals surface area contributed by atoms with Crippen molar-refractivity contribution in [1.82, 2.24) is 19.5 Å². The number of aliphatic hydroxyl groups excluding tert-OH is 3. The van der Waals surface area contributed by atoms with Gasteiger partial charge in [0.25, 0.3) is 0 Å². The van der Waals surface area contributed by atoms with Crippen LogP contribution in [0.2, 0.25) is 0 Å². The van der Waals surface area contributed by atoms with E-state index in [0.717, 1.165) is 5.57 Å². The van der Waals surface area contributed by atoms with Crippen LogP contribution in [0.4, 0.5) is 5.82 Å². The summed E-state index contributed by atoms with van der Waals surface area (Å²) in [6.07, 6.45) is -0.666. The van der Waals surface area contributed by atoms with Crippen LogP contribution in [0, 0.1) is 0 Å². The molecule has 3 heterocycles. The Morgan fingerprint density at radius 3 is 2.79 bits per heavy atom. The van der Waals surface area contributed by atoms with E-state index in [1.807, 2.05) is 0 Å². The first-order valence-electron chi connectivity index (χ1n) is 8.61. The molecule has 3 rings (SSSR count). The van der Waals surface area contributed by atoms with Gasteiger partial charge in [-0.1, -0.05) is 11.6 Å². The molecule has 0 aromatic carbocycles. The molecule has 4 unspecified atom stereocenters. The molecule has 4 atom stereocenters. The summed E-state index contributed by atoms with van der Waals surface area (Å²) in [7, 11) is -4.75. The molecule has 1 fully saturated rings. The lowest BCUT2D eigenvalue weighted by molar-refractivity contribution is -0.0504. The standard InChI is InChI=1S/C15H22N5O8P/c1-8(4-21)2-3-16-13-10-14(18-6-17-13)20(7-19-10)15-12(23)11(22)9(28-15)5-27-29(24,25)26/h2,6-7,9,11-12,15,21-23H,3-5H2,1H3,(H,16,17,18)(H2,24,25,26)/b8-2+. The Morgan fingerprint density at radius 1 is 1.34 bits per heavy atom. The third-order valence-corrected chi connectivity index (χ3v) is 4.83. The lowest BCUT2D eigenvalue weighted by Gasteiger charge is -2.16. The Hall–Kier alpha value is -1.96. The molecule has 29 heavy (non-hydrogen) atoms. The summed E-state index contributed by atoms with van der Waals surface area (Å²) in [4.78, 5) is 30.1. The summed E-state index contributed by atoms with van der Waals surface area (Å²) in [6, 6.07) is 0. The smallest absolute Gasteiger partial charge is 0.392 e. The van der Waals surface area contributed by atoms with Crippen molar-refractivity contribution in [2.24, 2.45) is 0 Å². The number of ether oxygens (including phenoxy) is 1. The van der Waals surface area contributed by atoms with Crippen LogP contribution in [0.25, 0.3) is 11.2 Å². The van der Waals surface area contributed by atoms with Gasteiger partial charge in [0.15, 0.2) is 23.2 Å². The van der Waals surface area contributed by atoms with Gasteiger partial charge in [0.2, 0.25) is 0 Å². The fraction of sp³-hybridized carbons (Fsp3) is 0.533. The van der Waals surface area contributed by atoms with Crippen molar-refractivity contribution in [3.8, 4) is 0 Å². The molecule has 6 N–H and O–H groups in total. The maximum atomic E-state index is 10.9. The van der Waals surface area contributed by atoms with Gasteiger partial charge in [-0.2, -0.15) is 0 Å². The molecule has 0 bridgehead atoms. The molecule has 1 aliphatic rings. The fourth-order valence-electron chi connectivity index (χ4n) is 2.82. The van der Waals surface area contributed by atoms with Crippen molar-refractivity contribution >= 4 is 24.8 Å². The summed E-state index contributed by atoms with van der Waals surface area (Å²) in [5.74, 6) is 0.421. The van der Waals surface area contributed by atoms with Crippen LogP contribution in [0.5, 0.6) is 0 Å². The van der Waals surface area contributed by atoms with Crippen LogP contribution in [0.15, 0.2) is 24.3 Å². The predicted octanol–water partition coefficient (Wildman–Crippen LogP) is -1.09. The number of rotatable bonds is 8. The van der Waals surface area contributed by atoms with Gasteiger partial charge in [-0.05, 0) is 6.92 Å². The molecular weight excluding hydrogens is 409 g/mol. The first-order chi connectivity index (χ1) is 13.7. The van der Waals surface area contributed by atoms with Gasteiger partial charge in [0.05, 0.1) is 19.5 Å². The first kappa shape index (κ1) is 21.7. The molecule has 13 nitrogen and oxygen atoms in total. The van der Waals surface area contributed by atoms with Crippen molar-refractivity contribution in [1.29, 1.82) is 0 Å². The summed E-state index contributed by atoms with van der Waals surface area (Å²) in [5.41, 5.74) is 1.49. The number of phosphoric acid groups is 1. The molecule has 0 saturated carbocycles. The number of nitrogens with zero attached hydrogens (tertiary/aromatic N) is 4. The normalized spacial score (nSPS) is 25.7. The van der Waals surface area contributed by atoms with Crippen LogP contribution in [-0.4, -0.2) is 82.7 Å². The molecular formula is C15H22N5O8P. The van der Waals surface area contributed by atoms with E-state index in [-0.39, 0.29) is 6.61 Å². The highest BCUT2D eigenvalue weighted by atomic mass is 31.2. The molecule has 0 radical (unpaired) electrons. The number of fused-ring (bicyclic) bond motifs is 1. The summed E-state index contributed by atoms with van der Waals surface area (Å²) in [6.45, 7) is 1.52. The van der Waals surface area contributed by atoms with Gasteiger partial charge in [-0.25, -0.2) is 19.5 Å². The highest BCUT2D eigenvalue weighted by Gasteiger charge is 2.45. The lowest BCUT2D eigenvalue weighted by Crippen LogP contribution is -2.33. The van der Waals surface area contributed by atoms with E-state index in [2.05, 4.69) is 24.8 Å². The van der Waals surface area contributed by atoms with Gasteiger partial charge < -0.3 is 35.2 Å². The largest absolute Gasteiger partial charge is 0.469 e. The Balaban J connectivity index is 1.80. The van der Waals surface area contributed by atoms with Gasteiger partial charge in [0, 0.05) is 6.54 Å². The zero-order chi connectivity index (χ0) is 21.2. The van der Waals surface area contributed by atoms with Gasteiger partial charge in [0.1, 0.15) is 24.6 Å². The third-order valence-electron chi connectivity index (χ3n) is 4.35. The van der Waals surface area contributed by atoms with E-state index in [1.165, 1.54) is 17.2 Å². The molecule has 0 aliphatic carbocycles. The van der Waals surface area contributed by atoms with E-state index >= 15 is 0 Å². The maximum Gasteiger partial charge on any atom is 0.469 e. The third kappa shape index (κ3) is 4.97. The number of aliphatic hydroxyl groups is 3. The van der Waals surface area contributed by atoms with Crippen molar-refractivity contribution < 1.29 is 38.9 Å². The van der Waals surface area contributed by atoms with Crippen molar-refractivity contribution in [2.45, 2.75) is 31.5 Å². The second-order valence-corrected chi connectivity index (χ2v) is 7.71. The van der Waals surface area contributed by atoms with Crippen LogP contribution in [0.1, 0.15) is 13.2 Å². The highest BCUT2D eigenvalue weighted by Crippen LogP contribution is 2.38. The quantitative estimate of drug-likeness (QED) is 0.219. The van der Waals surface area contributed by atoms with Gasteiger partial charge in [-0.15, -0.1) is 0 Å². The van der Waals surface area contributed by atoms with E-state index in [4.69, 9.17) is 19.6 Å². The topological polar surface area (TPSA) is 192 Å². The highest BCUT2D eigenvalue weighted by molar-refractivity contribution is 7.46. The first-order valence-corrected chi connectivity index (χ1v) is 10.1. The van der Waals surface area contributed by atoms with E-state index in [9.17, 15) is 14.8 Å². The van der Waals surface area contributed by atoms with E-state index < -0.39 is 39.0 Å². The summed E-state index contributed by atoms with van der Waals surface area (Å²) in [5, 5.41) is 32.5. The molecule has 160 valence electrons. The number of phosphoric ester groups is 1. The number of hydrogen-bond acceptors (Lipinski definition) is 10. The van der Waals surface area contributed by atoms with Gasteiger partial charge >= 0.3 is 7.82 Å². The molecule has 2 aromatic rings. The lowest BCUT2D eigenvalue weighted by atomic mass is 10.1.